The second-order valence-corrected chi connectivity index (χ2v) is 18.0. The van der Waals surface area contributed by atoms with Crippen molar-refractivity contribution in [3.8, 4) is 0 Å². The lowest BCUT2D eigenvalue weighted by Crippen LogP contribution is -2.50. The fourth-order valence-corrected chi connectivity index (χ4v) is 7.88. The van der Waals surface area contributed by atoms with Crippen molar-refractivity contribution in [1.82, 2.24) is 39.6 Å². The van der Waals surface area contributed by atoms with E-state index in [0.717, 1.165) is 28.9 Å². The van der Waals surface area contributed by atoms with Gasteiger partial charge in [0.1, 0.15) is 5.69 Å². The van der Waals surface area contributed by atoms with E-state index >= 15 is 0 Å². The number of H-pyrrole nitrogens is 1. The van der Waals surface area contributed by atoms with Crippen molar-refractivity contribution in [2.45, 2.75) is 102 Å². The Morgan fingerprint density at radius 2 is 1.16 bits per heavy atom. The fourth-order valence-electron chi connectivity index (χ4n) is 7.71. The molecule has 23 heteroatoms. The highest BCUT2D eigenvalue weighted by atomic mass is 35.5. The number of primary amides is 2. The van der Waals surface area contributed by atoms with Gasteiger partial charge in [0.15, 0.2) is 5.69 Å². The molecule has 16 nitrogen and oxygen atoms in total. The molecule has 0 aliphatic carbocycles. The van der Waals surface area contributed by atoms with Crippen molar-refractivity contribution in [2.24, 2.45) is 11.5 Å². The smallest absolute Gasteiger partial charge is 0.389 e. The SMILES string of the molecule is CC(C)(O)CN(Cc1cccc(C(F)(F)F)c1)C1CCN(C(=O)Cl)CC1.CC(C)(O)CN(Cc1cccc(C(F)(F)F)c1)C1CCN(C(=O)n2ccc(C(N)=O)n2)CC1.NC(=O)c1ccn[nH]1. The number of halogens is 7. The molecule has 4 heterocycles. The van der Waals surface area contributed by atoms with E-state index in [4.69, 9.17) is 23.1 Å². The number of aromatic nitrogens is 4. The number of nitrogens with two attached hydrogens (primary N) is 2. The van der Waals surface area contributed by atoms with Crippen LogP contribution in [0.15, 0.2) is 73.1 Å². The first-order valence-electron chi connectivity index (χ1n) is 21.2. The van der Waals surface area contributed by atoms with Crippen LogP contribution in [0.4, 0.5) is 35.9 Å². The molecule has 2 aliphatic rings. The summed E-state index contributed by atoms with van der Waals surface area (Å²) in [4.78, 5) is 52.5. The van der Waals surface area contributed by atoms with Crippen LogP contribution in [-0.4, -0.2) is 136 Å². The van der Waals surface area contributed by atoms with Crippen molar-refractivity contribution < 1.29 is 55.7 Å². The lowest BCUT2D eigenvalue weighted by atomic mass is 9.99. The number of piperidine rings is 2. The van der Waals surface area contributed by atoms with E-state index in [9.17, 15) is 55.7 Å². The first-order valence-corrected chi connectivity index (χ1v) is 21.6. The Hall–Kier alpha value is -5.55. The van der Waals surface area contributed by atoms with Gasteiger partial charge in [0.05, 0.1) is 22.3 Å². The minimum absolute atomic E-state index is 0.00400. The molecule has 2 fully saturated rings. The summed E-state index contributed by atoms with van der Waals surface area (Å²) in [6.07, 6.45) is -3.49. The fraction of sp³-hybridized carbons (Fsp3) is 0.500. The number of likely N-dealkylation sites (tertiary alicyclic amines) is 2. The predicted molar refractivity (Wildman–Crippen MR) is 235 cm³/mol. The number of hydrogen-bond acceptors (Lipinski definition) is 10. The molecule has 2 aromatic carbocycles. The van der Waals surface area contributed by atoms with Gasteiger partial charge in [-0.05, 0) is 100 Å². The maximum atomic E-state index is 13.1. The molecule has 0 unspecified atom stereocenters. The predicted octanol–water partition coefficient (Wildman–Crippen LogP) is 6.32. The molecule has 2 aliphatic heterocycles. The minimum Gasteiger partial charge on any atom is -0.389 e. The average molecular weight is 971 g/mol. The summed E-state index contributed by atoms with van der Waals surface area (Å²) in [6, 6.07) is 13.0. The number of rotatable bonds is 12. The van der Waals surface area contributed by atoms with Gasteiger partial charge < -0.3 is 31.5 Å². The molecule has 4 aromatic rings. The van der Waals surface area contributed by atoms with Crippen LogP contribution in [-0.2, 0) is 25.4 Å². The molecule has 4 amide bonds. The number of amides is 4. The zero-order valence-corrected chi connectivity index (χ0v) is 38.3. The second-order valence-electron chi connectivity index (χ2n) is 17.6. The Kier molecular flexibility index (Phi) is 18.5. The van der Waals surface area contributed by atoms with Gasteiger partial charge in [-0.1, -0.05) is 36.4 Å². The highest BCUT2D eigenvalue weighted by Crippen LogP contribution is 2.32. The highest BCUT2D eigenvalue weighted by Gasteiger charge is 2.35. The molecule has 67 heavy (non-hydrogen) atoms. The maximum Gasteiger partial charge on any atom is 0.416 e. The minimum atomic E-state index is -4.43. The van der Waals surface area contributed by atoms with Crippen LogP contribution in [0.25, 0.3) is 0 Å². The third-order valence-corrected chi connectivity index (χ3v) is 11.0. The topological polar surface area (TPSA) is 220 Å². The molecule has 0 saturated carbocycles. The van der Waals surface area contributed by atoms with Crippen LogP contribution in [0, 0.1) is 0 Å². The van der Waals surface area contributed by atoms with Gasteiger partial charge in [-0.2, -0.15) is 41.2 Å². The molecule has 0 bridgehead atoms. The Balaban J connectivity index is 0.000000255. The first kappa shape index (κ1) is 54.1. The van der Waals surface area contributed by atoms with Crippen LogP contribution in [0.5, 0.6) is 0 Å². The van der Waals surface area contributed by atoms with Gasteiger partial charge >= 0.3 is 23.8 Å². The van der Waals surface area contributed by atoms with E-state index < -0.39 is 51.9 Å². The zero-order chi connectivity index (χ0) is 49.9. The molecular weight excluding hydrogens is 914 g/mol. The van der Waals surface area contributed by atoms with Crippen molar-refractivity contribution >= 4 is 34.8 Å². The van der Waals surface area contributed by atoms with Crippen molar-refractivity contribution in [2.75, 3.05) is 39.3 Å². The van der Waals surface area contributed by atoms with Gasteiger partial charge in [-0.3, -0.25) is 29.3 Å². The highest BCUT2D eigenvalue weighted by molar-refractivity contribution is 6.62. The molecule has 2 aromatic heterocycles. The van der Waals surface area contributed by atoms with Crippen molar-refractivity contribution in [3.05, 3.63) is 107 Å². The third kappa shape index (κ3) is 17.6. The number of aromatic amines is 1. The molecule has 0 radical (unpaired) electrons. The first-order chi connectivity index (χ1) is 31.1. The average Bonchev–Trinajstić information content (AvgIpc) is 3.97. The Bertz CT molecular complexity index is 2250. The third-order valence-electron chi connectivity index (χ3n) is 10.7. The van der Waals surface area contributed by atoms with Gasteiger partial charge in [-0.25, -0.2) is 4.79 Å². The number of carbonyl (C=O) groups excluding carboxylic acids is 4. The summed E-state index contributed by atoms with van der Waals surface area (Å²) in [5.41, 5.74) is 7.98. The van der Waals surface area contributed by atoms with E-state index in [1.165, 1.54) is 36.7 Å². The number of aliphatic hydroxyl groups is 2. The zero-order valence-electron chi connectivity index (χ0n) is 37.5. The van der Waals surface area contributed by atoms with E-state index in [-0.39, 0.29) is 36.9 Å². The lowest BCUT2D eigenvalue weighted by molar-refractivity contribution is -0.138. The molecular formula is C44H57ClF6N10O6. The van der Waals surface area contributed by atoms with Crippen molar-refractivity contribution in [1.29, 1.82) is 0 Å². The normalized spacial score (nSPS) is 15.4. The van der Waals surface area contributed by atoms with Crippen molar-refractivity contribution in [3.63, 3.8) is 0 Å². The summed E-state index contributed by atoms with van der Waals surface area (Å²) in [7, 11) is 0. The standard InChI is InChI=1S/C22H28F3N5O3.C18H24ClF3N2O2.C4H5N3O/c1-21(2,33)14-29(13-15-4-3-5-16(12-15)22(23,24)25)17-6-9-28(10-7-17)20(32)30-11-8-18(27-30)19(26)31;1-17(2,26)12-24(15-6-8-23(9-7-15)16(19)25)11-13-4-3-5-14(10-13)18(20,21)22;5-4(8)3-1-2-6-7-3/h3-5,8,11-12,17,33H,6-7,9-10,13-14H2,1-2H3,(H2,26,31);3-5,10,15,26H,6-9,11-12H2,1-2H3;1-2H,(H2,5,8)(H,6,7). The second kappa shape index (κ2) is 23.0. The number of nitrogens with one attached hydrogen (secondary N) is 1. The number of alkyl halides is 6. The molecule has 0 spiro atoms. The van der Waals surface area contributed by atoms with Gasteiger partial charge in [0, 0.05) is 76.8 Å². The summed E-state index contributed by atoms with van der Waals surface area (Å²) < 4.78 is 79.2. The molecule has 0 atom stereocenters. The Morgan fingerprint density at radius 3 is 1.49 bits per heavy atom. The number of carbonyl (C=O) groups is 4. The molecule has 7 N–H and O–H groups in total. The van der Waals surface area contributed by atoms with Crippen LogP contribution in [0.2, 0.25) is 0 Å². The van der Waals surface area contributed by atoms with Gasteiger partial charge in [0.25, 0.3) is 11.8 Å². The van der Waals surface area contributed by atoms with E-state index in [2.05, 4.69) is 15.3 Å². The molecule has 368 valence electrons. The number of hydrogen-bond donors (Lipinski definition) is 5. The molecule has 2 saturated heterocycles. The largest absolute Gasteiger partial charge is 0.416 e. The van der Waals surface area contributed by atoms with E-state index in [1.807, 2.05) is 9.80 Å². The lowest BCUT2D eigenvalue weighted by Gasteiger charge is -2.40. The van der Waals surface area contributed by atoms with Crippen LogP contribution < -0.4 is 11.5 Å². The quantitative estimate of drug-likeness (QED) is 0.0605. The Morgan fingerprint density at radius 1 is 0.716 bits per heavy atom. The Labute approximate surface area is 388 Å². The van der Waals surface area contributed by atoms with Gasteiger partial charge in [-0.15, -0.1) is 0 Å². The van der Waals surface area contributed by atoms with E-state index in [0.29, 0.717) is 81.8 Å². The monoisotopic (exact) mass is 970 g/mol. The van der Waals surface area contributed by atoms with Crippen LogP contribution in [0.1, 0.15) is 96.6 Å². The van der Waals surface area contributed by atoms with Crippen LogP contribution in [0.3, 0.4) is 0 Å². The number of benzene rings is 2. The number of nitrogens with zero attached hydrogens (tertiary/aromatic N) is 7. The van der Waals surface area contributed by atoms with Crippen LogP contribution >= 0.6 is 11.6 Å². The molecule has 6 rings (SSSR count). The van der Waals surface area contributed by atoms with E-state index in [1.54, 1.807) is 49.6 Å². The summed E-state index contributed by atoms with van der Waals surface area (Å²) in [6.45, 7) is 9.58. The maximum absolute atomic E-state index is 13.1. The summed E-state index contributed by atoms with van der Waals surface area (Å²) in [5.74, 6) is -1.21. The van der Waals surface area contributed by atoms with Gasteiger partial charge in [0.2, 0.25) is 0 Å². The summed E-state index contributed by atoms with van der Waals surface area (Å²) >= 11 is 5.51. The summed E-state index contributed by atoms with van der Waals surface area (Å²) in [5, 5.41) is 29.9.